The van der Waals surface area contributed by atoms with Gasteiger partial charge in [-0.15, -0.1) is 12.4 Å². The molecule has 1 saturated carbocycles. The molecule has 0 bridgehead atoms. The summed E-state index contributed by atoms with van der Waals surface area (Å²) in [5.74, 6) is 0.987. The van der Waals surface area contributed by atoms with E-state index in [9.17, 15) is 4.39 Å². The highest BCUT2D eigenvalue weighted by Crippen LogP contribution is 2.42. The summed E-state index contributed by atoms with van der Waals surface area (Å²) >= 11 is 0. The van der Waals surface area contributed by atoms with Gasteiger partial charge < -0.3 is 10.1 Å². The fourth-order valence-electron chi connectivity index (χ4n) is 3.14. The number of nitrogens with zero attached hydrogens (tertiary/aromatic N) is 1. The number of halogens is 2. The van der Waals surface area contributed by atoms with Gasteiger partial charge in [0.2, 0.25) is 0 Å². The molecule has 1 aromatic rings. The van der Waals surface area contributed by atoms with Crippen LogP contribution in [0.15, 0.2) is 18.2 Å². The summed E-state index contributed by atoms with van der Waals surface area (Å²) in [5, 5.41) is 3.38. The molecule has 0 spiro atoms. The maximum atomic E-state index is 14.0. The molecule has 1 heterocycles. The van der Waals surface area contributed by atoms with Crippen molar-refractivity contribution >= 4 is 12.4 Å². The molecule has 3 rings (SSSR count). The summed E-state index contributed by atoms with van der Waals surface area (Å²) in [4.78, 5) is 2.48. The number of nitrogens with one attached hydrogen (secondary N) is 1. The third kappa shape index (κ3) is 3.87. The van der Waals surface area contributed by atoms with Gasteiger partial charge in [0.1, 0.15) is 0 Å². The lowest BCUT2D eigenvalue weighted by atomic mass is 9.97. The second-order valence-corrected chi connectivity index (χ2v) is 5.84. The molecule has 5 heteroatoms. The van der Waals surface area contributed by atoms with Gasteiger partial charge in [-0.1, -0.05) is 25.0 Å². The van der Waals surface area contributed by atoms with Gasteiger partial charge in [-0.05, 0) is 18.4 Å². The van der Waals surface area contributed by atoms with Crippen LogP contribution < -0.4 is 10.1 Å². The van der Waals surface area contributed by atoms with Gasteiger partial charge in [0.25, 0.3) is 0 Å². The van der Waals surface area contributed by atoms with Crippen molar-refractivity contribution < 1.29 is 9.13 Å². The van der Waals surface area contributed by atoms with E-state index in [1.165, 1.54) is 18.9 Å². The van der Waals surface area contributed by atoms with Crippen LogP contribution in [0.4, 0.5) is 4.39 Å². The number of rotatable bonds is 5. The predicted octanol–water partition coefficient (Wildman–Crippen LogP) is 3.00. The molecular formula is C16H24ClFN2O. The van der Waals surface area contributed by atoms with Gasteiger partial charge in [0.15, 0.2) is 11.6 Å². The van der Waals surface area contributed by atoms with Crippen LogP contribution in [0.25, 0.3) is 0 Å². The lowest BCUT2D eigenvalue weighted by Crippen LogP contribution is -2.45. The van der Waals surface area contributed by atoms with E-state index in [0.717, 1.165) is 44.1 Å². The van der Waals surface area contributed by atoms with Crippen molar-refractivity contribution in [1.82, 2.24) is 10.2 Å². The zero-order valence-electron chi connectivity index (χ0n) is 12.5. The molecular weight excluding hydrogens is 291 g/mol. The molecule has 1 saturated heterocycles. The first-order valence-corrected chi connectivity index (χ1v) is 7.56. The van der Waals surface area contributed by atoms with E-state index in [0.29, 0.717) is 5.75 Å². The molecule has 3 nitrogen and oxygen atoms in total. The first-order chi connectivity index (χ1) is 9.79. The molecule has 1 aromatic carbocycles. The number of hydrogen-bond acceptors (Lipinski definition) is 3. The van der Waals surface area contributed by atoms with Crippen LogP contribution in [0.5, 0.6) is 5.75 Å². The Labute approximate surface area is 132 Å². The van der Waals surface area contributed by atoms with E-state index in [-0.39, 0.29) is 24.3 Å². The topological polar surface area (TPSA) is 24.5 Å². The van der Waals surface area contributed by atoms with Crippen molar-refractivity contribution in [2.45, 2.75) is 25.3 Å². The maximum Gasteiger partial charge on any atom is 0.165 e. The normalized spacial score (nSPS) is 20.7. The van der Waals surface area contributed by atoms with Gasteiger partial charge >= 0.3 is 0 Å². The van der Waals surface area contributed by atoms with Crippen LogP contribution in [-0.2, 0) is 0 Å². The van der Waals surface area contributed by atoms with Crippen molar-refractivity contribution in [2.75, 3.05) is 33.3 Å². The highest BCUT2D eigenvalue weighted by molar-refractivity contribution is 5.85. The molecule has 0 amide bonds. The average Bonchev–Trinajstić information content (AvgIpc) is 3.29. The zero-order valence-corrected chi connectivity index (χ0v) is 13.3. The number of para-hydroxylation sites is 1. The van der Waals surface area contributed by atoms with E-state index in [1.54, 1.807) is 13.2 Å². The number of ether oxygens (including phenoxy) is 1. The lowest BCUT2D eigenvalue weighted by Gasteiger charge is -2.36. The monoisotopic (exact) mass is 314 g/mol. The van der Waals surface area contributed by atoms with Crippen LogP contribution in [0.3, 0.4) is 0 Å². The summed E-state index contributed by atoms with van der Waals surface area (Å²) < 4.78 is 19.3. The van der Waals surface area contributed by atoms with Crippen molar-refractivity contribution in [3.05, 3.63) is 29.6 Å². The van der Waals surface area contributed by atoms with Crippen molar-refractivity contribution in [3.63, 3.8) is 0 Å². The Balaban J connectivity index is 0.00000161. The summed E-state index contributed by atoms with van der Waals surface area (Å²) in [6, 6.07) is 5.59. The molecule has 0 radical (unpaired) electrons. The molecule has 1 atom stereocenters. The highest BCUT2D eigenvalue weighted by atomic mass is 35.5. The molecule has 2 fully saturated rings. The third-order valence-electron chi connectivity index (χ3n) is 4.41. The number of piperazine rings is 1. The van der Waals surface area contributed by atoms with Crippen molar-refractivity contribution in [2.24, 2.45) is 5.92 Å². The lowest BCUT2D eigenvalue weighted by molar-refractivity contribution is 0.157. The fraction of sp³-hybridized carbons (Fsp3) is 0.625. The second kappa shape index (κ2) is 7.43. The Morgan fingerprint density at radius 3 is 2.67 bits per heavy atom. The first-order valence-electron chi connectivity index (χ1n) is 7.56. The van der Waals surface area contributed by atoms with E-state index in [2.05, 4.69) is 10.2 Å². The smallest absolute Gasteiger partial charge is 0.165 e. The molecule has 1 aliphatic carbocycles. The Bertz CT molecular complexity index is 462. The minimum atomic E-state index is -0.249. The fourth-order valence-corrected chi connectivity index (χ4v) is 3.14. The van der Waals surface area contributed by atoms with E-state index in [1.807, 2.05) is 6.07 Å². The summed E-state index contributed by atoms with van der Waals surface area (Å²) in [7, 11) is 1.56. The predicted molar refractivity (Wildman–Crippen MR) is 84.7 cm³/mol. The standard InChI is InChI=1S/C16H23FN2O.ClH/c1-20-16-13(3-2-4-14(16)17)15(11-12-5-6-12)19-9-7-18-8-10-19;/h2-4,12,15,18H,5-11H2,1H3;1H/t15-;/m0./s1. The Morgan fingerprint density at radius 1 is 1.33 bits per heavy atom. The van der Waals surface area contributed by atoms with Crippen molar-refractivity contribution in [1.29, 1.82) is 0 Å². The van der Waals surface area contributed by atoms with Gasteiger partial charge in [-0.3, -0.25) is 4.90 Å². The zero-order chi connectivity index (χ0) is 13.9. The van der Waals surface area contributed by atoms with E-state index < -0.39 is 0 Å². The Morgan fingerprint density at radius 2 is 2.05 bits per heavy atom. The quantitative estimate of drug-likeness (QED) is 0.904. The molecule has 21 heavy (non-hydrogen) atoms. The highest BCUT2D eigenvalue weighted by Gasteiger charge is 2.32. The first kappa shape index (κ1) is 16.5. The van der Waals surface area contributed by atoms with Crippen LogP contribution in [0.1, 0.15) is 30.9 Å². The summed E-state index contributed by atoms with van der Waals surface area (Å²) in [6.07, 6.45) is 3.76. The second-order valence-electron chi connectivity index (χ2n) is 5.84. The minimum absolute atomic E-state index is 0. The van der Waals surface area contributed by atoms with E-state index in [4.69, 9.17) is 4.74 Å². The average molecular weight is 315 g/mol. The van der Waals surface area contributed by atoms with Gasteiger partial charge in [-0.25, -0.2) is 4.39 Å². The van der Waals surface area contributed by atoms with Gasteiger partial charge in [-0.2, -0.15) is 0 Å². The van der Waals surface area contributed by atoms with Crippen molar-refractivity contribution in [3.8, 4) is 5.75 Å². The summed E-state index contributed by atoms with van der Waals surface area (Å²) in [5.41, 5.74) is 1.02. The largest absolute Gasteiger partial charge is 0.493 e. The van der Waals surface area contributed by atoms with E-state index >= 15 is 0 Å². The minimum Gasteiger partial charge on any atom is -0.493 e. The van der Waals surface area contributed by atoms with Crippen LogP contribution in [0, 0.1) is 11.7 Å². The third-order valence-corrected chi connectivity index (χ3v) is 4.41. The molecule has 0 unspecified atom stereocenters. The Hall–Kier alpha value is -0.840. The van der Waals surface area contributed by atoms with Crippen LogP contribution >= 0.6 is 12.4 Å². The maximum absolute atomic E-state index is 14.0. The van der Waals surface area contributed by atoms with Crippen LogP contribution in [-0.4, -0.2) is 38.2 Å². The molecule has 1 aliphatic heterocycles. The molecule has 2 aliphatic rings. The summed E-state index contributed by atoms with van der Waals surface area (Å²) in [6.45, 7) is 4.08. The molecule has 1 N–H and O–H groups in total. The number of methoxy groups -OCH3 is 1. The molecule has 0 aromatic heterocycles. The SMILES string of the molecule is COc1c(F)cccc1[C@H](CC1CC1)N1CCNCC1.Cl. The Kier molecular flexibility index (Phi) is 5.85. The van der Waals surface area contributed by atoms with Gasteiger partial charge in [0, 0.05) is 37.8 Å². The number of hydrogen-bond donors (Lipinski definition) is 1. The van der Waals surface area contributed by atoms with Gasteiger partial charge in [0.05, 0.1) is 7.11 Å². The molecule has 118 valence electrons. The van der Waals surface area contributed by atoms with Crippen LogP contribution in [0.2, 0.25) is 0 Å². The number of benzene rings is 1.